The molecule has 196 valence electrons. The number of allylic oxidation sites excluding steroid dienone is 1. The molecule has 2 heterocycles. The van der Waals surface area contributed by atoms with Gasteiger partial charge in [-0.25, -0.2) is 4.79 Å². The van der Waals surface area contributed by atoms with Crippen molar-refractivity contribution in [3.05, 3.63) is 101 Å². The van der Waals surface area contributed by atoms with Crippen LogP contribution < -0.4 is 4.74 Å². The number of nitriles is 1. The number of hydrogen-bond donors (Lipinski definition) is 0. The summed E-state index contributed by atoms with van der Waals surface area (Å²) in [6.45, 7) is 0.777. The zero-order valence-electron chi connectivity index (χ0n) is 20.8. The Labute approximate surface area is 223 Å². The Balaban J connectivity index is 1.34. The number of carbonyl (C=O) groups excluding carboxylic acids is 1. The lowest BCUT2D eigenvalue weighted by Crippen LogP contribution is -2.10. The summed E-state index contributed by atoms with van der Waals surface area (Å²) in [4.78, 5) is 13.0. The number of rotatable bonds is 5. The van der Waals surface area contributed by atoms with E-state index < -0.39 is 17.7 Å². The minimum Gasteiger partial charge on any atom is -0.423 e. The molecule has 0 aliphatic carbocycles. The van der Waals surface area contributed by atoms with E-state index in [0.717, 1.165) is 55.7 Å². The number of esters is 1. The third-order valence-corrected chi connectivity index (χ3v) is 6.54. The fraction of sp³-hybridized carbons (Fsp3) is 0.200. The zero-order chi connectivity index (χ0) is 27.4. The van der Waals surface area contributed by atoms with Crippen molar-refractivity contribution in [2.75, 3.05) is 0 Å². The number of fused-ring (bicyclic) bond motifs is 1. The van der Waals surface area contributed by atoms with Crippen LogP contribution in [0.25, 0.3) is 22.8 Å². The molecule has 1 aliphatic rings. The fourth-order valence-corrected chi connectivity index (χ4v) is 4.54. The summed E-state index contributed by atoms with van der Waals surface area (Å²) in [6, 6.07) is 20.1. The highest BCUT2D eigenvalue weighted by Crippen LogP contribution is 2.32. The van der Waals surface area contributed by atoms with Crippen molar-refractivity contribution in [3.8, 4) is 22.9 Å². The molecule has 0 saturated carbocycles. The van der Waals surface area contributed by atoms with Crippen LogP contribution in [0.2, 0.25) is 0 Å². The molecule has 5 rings (SSSR count). The van der Waals surface area contributed by atoms with Crippen LogP contribution in [0.5, 0.6) is 5.75 Å². The maximum atomic E-state index is 13.0. The van der Waals surface area contributed by atoms with Crippen molar-refractivity contribution in [1.29, 1.82) is 5.26 Å². The van der Waals surface area contributed by atoms with Crippen LogP contribution >= 0.6 is 0 Å². The Morgan fingerprint density at radius 2 is 1.69 bits per heavy atom. The van der Waals surface area contributed by atoms with Crippen LogP contribution in [0.4, 0.5) is 13.2 Å². The van der Waals surface area contributed by atoms with Gasteiger partial charge in [-0.05, 0) is 65.9 Å². The van der Waals surface area contributed by atoms with Crippen LogP contribution in [-0.4, -0.2) is 20.7 Å². The van der Waals surface area contributed by atoms with Gasteiger partial charge in [-0.1, -0.05) is 48.9 Å². The monoisotopic (exact) mass is 528 g/mol. The molecule has 0 atom stereocenters. The molecular formula is C30H23F3N4O2. The SMILES string of the molecule is N#CC(=Cc1ccc(OC(=O)c2ccccc2-c2ccc(C(F)(F)F)cc2)cc1)c1nnc2n1CCCCC2. The third kappa shape index (κ3) is 5.75. The molecule has 0 N–H and O–H groups in total. The predicted octanol–water partition coefficient (Wildman–Crippen LogP) is 6.97. The Morgan fingerprint density at radius 3 is 2.41 bits per heavy atom. The van der Waals surface area contributed by atoms with E-state index in [1.54, 1.807) is 54.6 Å². The first-order valence-corrected chi connectivity index (χ1v) is 12.5. The van der Waals surface area contributed by atoms with E-state index in [9.17, 15) is 23.2 Å². The summed E-state index contributed by atoms with van der Waals surface area (Å²) < 4.78 is 46.4. The van der Waals surface area contributed by atoms with Gasteiger partial charge < -0.3 is 9.30 Å². The maximum Gasteiger partial charge on any atom is 0.416 e. The first-order chi connectivity index (χ1) is 18.8. The van der Waals surface area contributed by atoms with Gasteiger partial charge in [0.1, 0.15) is 17.6 Å². The minimum absolute atomic E-state index is 0.223. The predicted molar refractivity (Wildman–Crippen MR) is 139 cm³/mol. The summed E-state index contributed by atoms with van der Waals surface area (Å²) in [5.74, 6) is 1.08. The van der Waals surface area contributed by atoms with E-state index in [0.29, 0.717) is 22.5 Å². The molecular weight excluding hydrogens is 505 g/mol. The van der Waals surface area contributed by atoms with Gasteiger partial charge in [0.05, 0.1) is 16.7 Å². The first kappa shape index (κ1) is 25.9. The first-order valence-electron chi connectivity index (χ1n) is 12.5. The smallest absolute Gasteiger partial charge is 0.416 e. The second kappa shape index (κ2) is 11.0. The van der Waals surface area contributed by atoms with Gasteiger partial charge in [-0.2, -0.15) is 18.4 Å². The molecule has 4 aromatic rings. The summed E-state index contributed by atoms with van der Waals surface area (Å²) >= 11 is 0. The van der Waals surface area contributed by atoms with Gasteiger partial charge in [-0.15, -0.1) is 10.2 Å². The van der Waals surface area contributed by atoms with Gasteiger partial charge in [-0.3, -0.25) is 0 Å². The number of carbonyl (C=O) groups is 1. The van der Waals surface area contributed by atoms with Gasteiger partial charge >= 0.3 is 12.1 Å². The average Bonchev–Trinajstić information content (AvgIpc) is 3.19. The van der Waals surface area contributed by atoms with E-state index in [4.69, 9.17) is 4.74 Å². The van der Waals surface area contributed by atoms with Gasteiger partial charge in [0.15, 0.2) is 5.82 Å². The number of alkyl halides is 3. The van der Waals surface area contributed by atoms with E-state index in [1.807, 2.05) is 4.57 Å². The van der Waals surface area contributed by atoms with Crippen molar-refractivity contribution >= 4 is 17.6 Å². The van der Waals surface area contributed by atoms with Crippen molar-refractivity contribution in [1.82, 2.24) is 14.8 Å². The number of benzene rings is 3. The molecule has 1 aromatic heterocycles. The van der Waals surface area contributed by atoms with Crippen molar-refractivity contribution in [2.24, 2.45) is 0 Å². The second-order valence-electron chi connectivity index (χ2n) is 9.15. The molecule has 0 fully saturated rings. The quantitative estimate of drug-likeness (QED) is 0.159. The van der Waals surface area contributed by atoms with E-state index in [-0.39, 0.29) is 11.3 Å². The molecule has 0 spiro atoms. The summed E-state index contributed by atoms with van der Waals surface area (Å²) in [6.07, 6.45) is 1.29. The lowest BCUT2D eigenvalue weighted by atomic mass is 9.98. The highest BCUT2D eigenvalue weighted by Gasteiger charge is 2.30. The normalized spacial score (nSPS) is 13.7. The van der Waals surface area contributed by atoms with Gasteiger partial charge in [0, 0.05) is 13.0 Å². The molecule has 0 amide bonds. The van der Waals surface area contributed by atoms with E-state index >= 15 is 0 Å². The van der Waals surface area contributed by atoms with E-state index in [2.05, 4.69) is 16.3 Å². The van der Waals surface area contributed by atoms with Gasteiger partial charge in [0.2, 0.25) is 0 Å². The van der Waals surface area contributed by atoms with Gasteiger partial charge in [0.25, 0.3) is 0 Å². The van der Waals surface area contributed by atoms with Crippen LogP contribution in [-0.2, 0) is 19.1 Å². The van der Waals surface area contributed by atoms with Crippen molar-refractivity contribution in [2.45, 2.75) is 38.4 Å². The van der Waals surface area contributed by atoms with Crippen LogP contribution in [0.15, 0.2) is 72.8 Å². The standard InChI is InChI=1S/C30H23F3N4O2/c31-30(32,33)23-13-11-21(12-14-23)25-6-3-4-7-26(25)29(38)39-24-15-9-20(10-16-24)18-22(19-34)28-36-35-27-8-2-1-5-17-37(27)28/h3-4,6-7,9-16,18H,1-2,5,8,17H2. The number of nitrogens with zero attached hydrogens (tertiary/aromatic N) is 4. The van der Waals surface area contributed by atoms with Crippen LogP contribution in [0.1, 0.15) is 52.4 Å². The second-order valence-corrected chi connectivity index (χ2v) is 9.15. The Morgan fingerprint density at radius 1 is 0.949 bits per heavy atom. The molecule has 0 radical (unpaired) electrons. The highest BCUT2D eigenvalue weighted by molar-refractivity contribution is 5.98. The molecule has 39 heavy (non-hydrogen) atoms. The Kier molecular flexibility index (Phi) is 7.28. The zero-order valence-corrected chi connectivity index (χ0v) is 20.8. The average molecular weight is 529 g/mol. The van der Waals surface area contributed by atoms with Crippen LogP contribution in [0.3, 0.4) is 0 Å². The lowest BCUT2D eigenvalue weighted by molar-refractivity contribution is -0.137. The molecule has 1 aliphatic heterocycles. The van der Waals surface area contributed by atoms with E-state index in [1.165, 1.54) is 12.1 Å². The largest absolute Gasteiger partial charge is 0.423 e. The number of halogens is 3. The number of aromatic nitrogens is 3. The Hall–Kier alpha value is -4.71. The number of aryl methyl sites for hydroxylation is 1. The molecule has 0 saturated heterocycles. The molecule has 9 heteroatoms. The molecule has 0 bridgehead atoms. The minimum atomic E-state index is -4.44. The van der Waals surface area contributed by atoms with Crippen LogP contribution in [0, 0.1) is 11.3 Å². The number of ether oxygens (including phenoxy) is 1. The number of hydrogen-bond acceptors (Lipinski definition) is 5. The molecule has 0 unspecified atom stereocenters. The topological polar surface area (TPSA) is 80.8 Å². The fourth-order valence-electron chi connectivity index (χ4n) is 4.54. The summed E-state index contributed by atoms with van der Waals surface area (Å²) in [5, 5.41) is 18.3. The summed E-state index contributed by atoms with van der Waals surface area (Å²) in [5.41, 5.74) is 1.50. The Bertz CT molecular complexity index is 1560. The lowest BCUT2D eigenvalue weighted by Gasteiger charge is -2.11. The van der Waals surface area contributed by atoms with Crippen molar-refractivity contribution in [3.63, 3.8) is 0 Å². The highest BCUT2D eigenvalue weighted by atomic mass is 19.4. The molecule has 6 nitrogen and oxygen atoms in total. The summed E-state index contributed by atoms with van der Waals surface area (Å²) in [7, 11) is 0. The third-order valence-electron chi connectivity index (χ3n) is 6.54. The van der Waals surface area contributed by atoms with Crippen molar-refractivity contribution < 1.29 is 22.7 Å². The maximum absolute atomic E-state index is 13.0. The molecule has 3 aromatic carbocycles.